The van der Waals surface area contributed by atoms with Crippen molar-refractivity contribution in [3.05, 3.63) is 24.3 Å². The Labute approximate surface area is 288 Å². The lowest BCUT2D eigenvalue weighted by Gasteiger charge is -2.30. The molecule has 1 saturated carbocycles. The molecule has 2 aliphatic rings. The maximum absolute atomic E-state index is 6.78. The molecule has 2 rings (SSSR count). The van der Waals surface area contributed by atoms with Crippen LogP contribution in [-0.2, 0) is 9.47 Å². The summed E-state index contributed by atoms with van der Waals surface area (Å²) in [5.41, 5.74) is 0. The third-order valence-corrected chi connectivity index (χ3v) is 10.8. The fourth-order valence-corrected chi connectivity index (χ4v) is 7.71. The van der Waals surface area contributed by atoms with E-state index in [0.29, 0.717) is 18.2 Å². The zero-order valence-corrected chi connectivity index (χ0v) is 31.5. The monoisotopic (exact) mass is 644 g/mol. The van der Waals surface area contributed by atoms with Crippen LogP contribution >= 0.6 is 0 Å². The van der Waals surface area contributed by atoms with Crippen LogP contribution in [0.2, 0.25) is 0 Å². The second kappa shape index (κ2) is 29.3. The summed E-state index contributed by atoms with van der Waals surface area (Å²) in [6.07, 6.45) is 52.8. The molecule has 0 aromatic carbocycles. The van der Waals surface area contributed by atoms with E-state index in [-0.39, 0.29) is 5.79 Å². The average molecular weight is 644 g/mol. The summed E-state index contributed by atoms with van der Waals surface area (Å²) in [7, 11) is 2.08. The molecule has 0 aromatic rings. The highest BCUT2D eigenvalue weighted by Crippen LogP contribution is 2.43. The standard InChI is InChI=1S/C43H81NO2/c1-4-6-8-10-12-14-16-18-20-22-24-26-28-30-32-34-36-43(45-41-38-40(44-3)39-42(41)46-43)37-35-33-31-29-27-25-23-21-19-17-15-13-11-9-7-5-2/h12,14,18,20,40-42,44H,4-11,13,15-17,19,21-39H2,1-3H3/b14-12-,20-18-/t40?,41-,42+,43?. The van der Waals surface area contributed by atoms with Gasteiger partial charge in [0.1, 0.15) is 0 Å². The topological polar surface area (TPSA) is 30.5 Å². The van der Waals surface area contributed by atoms with Gasteiger partial charge >= 0.3 is 0 Å². The molecule has 3 heteroatoms. The zero-order chi connectivity index (χ0) is 32.8. The summed E-state index contributed by atoms with van der Waals surface area (Å²) in [6.45, 7) is 4.58. The van der Waals surface area contributed by atoms with Crippen molar-refractivity contribution in [2.45, 2.75) is 243 Å². The third kappa shape index (κ3) is 20.7. The Morgan fingerprint density at radius 1 is 0.478 bits per heavy atom. The maximum Gasteiger partial charge on any atom is 0.169 e. The number of rotatable bonds is 33. The summed E-state index contributed by atoms with van der Waals surface area (Å²) in [5, 5.41) is 3.46. The van der Waals surface area contributed by atoms with Gasteiger partial charge in [0.05, 0.1) is 12.2 Å². The van der Waals surface area contributed by atoms with E-state index in [9.17, 15) is 0 Å². The van der Waals surface area contributed by atoms with Gasteiger partial charge in [-0.05, 0) is 64.8 Å². The lowest BCUT2D eigenvalue weighted by atomic mass is 9.98. The van der Waals surface area contributed by atoms with E-state index in [4.69, 9.17) is 9.47 Å². The number of allylic oxidation sites excluding steroid dienone is 4. The minimum atomic E-state index is -0.292. The Hall–Kier alpha value is -0.640. The van der Waals surface area contributed by atoms with Crippen LogP contribution in [0.5, 0.6) is 0 Å². The van der Waals surface area contributed by atoms with E-state index in [1.807, 2.05) is 0 Å². The van der Waals surface area contributed by atoms with Crippen LogP contribution in [0.1, 0.15) is 219 Å². The molecule has 2 unspecified atom stereocenters. The van der Waals surface area contributed by atoms with Gasteiger partial charge < -0.3 is 14.8 Å². The SMILES string of the molecule is CCCCC/C=C\C/C=C\CCCCCCCCC1(CCCCCCCCCCCCCCCCCC)O[C@H]2CC(NC)C[C@H]2O1. The van der Waals surface area contributed by atoms with Gasteiger partial charge in [0.25, 0.3) is 0 Å². The Balaban J connectivity index is 1.49. The van der Waals surface area contributed by atoms with Gasteiger partial charge in [-0.2, -0.15) is 0 Å². The highest BCUT2D eigenvalue weighted by molar-refractivity contribution is 4.96. The highest BCUT2D eigenvalue weighted by atomic mass is 16.8. The summed E-state index contributed by atoms with van der Waals surface area (Å²) in [5.74, 6) is -0.292. The van der Waals surface area contributed by atoms with Crippen LogP contribution in [0, 0.1) is 0 Å². The predicted molar refractivity (Wildman–Crippen MR) is 203 cm³/mol. The van der Waals surface area contributed by atoms with Gasteiger partial charge in [-0.3, -0.25) is 0 Å². The minimum Gasteiger partial charge on any atom is -0.344 e. The molecule has 0 bridgehead atoms. The molecule has 0 amide bonds. The number of nitrogens with one attached hydrogen (secondary N) is 1. The molecule has 1 aliphatic heterocycles. The Morgan fingerprint density at radius 3 is 1.24 bits per heavy atom. The average Bonchev–Trinajstić information content (AvgIpc) is 3.60. The lowest BCUT2D eigenvalue weighted by molar-refractivity contribution is -0.191. The van der Waals surface area contributed by atoms with Crippen molar-refractivity contribution < 1.29 is 9.47 Å². The number of hydrogen-bond acceptors (Lipinski definition) is 3. The van der Waals surface area contributed by atoms with Crippen LogP contribution in [0.15, 0.2) is 24.3 Å². The van der Waals surface area contributed by atoms with Crippen molar-refractivity contribution in [2.24, 2.45) is 0 Å². The van der Waals surface area contributed by atoms with E-state index < -0.39 is 0 Å². The minimum absolute atomic E-state index is 0.292. The summed E-state index contributed by atoms with van der Waals surface area (Å²) >= 11 is 0. The first kappa shape index (κ1) is 41.5. The largest absolute Gasteiger partial charge is 0.344 e. The molecule has 3 nitrogen and oxygen atoms in total. The van der Waals surface area contributed by atoms with Crippen molar-refractivity contribution in [3.63, 3.8) is 0 Å². The van der Waals surface area contributed by atoms with Gasteiger partial charge in [-0.15, -0.1) is 0 Å². The molecule has 4 atom stereocenters. The van der Waals surface area contributed by atoms with Crippen molar-refractivity contribution in [1.82, 2.24) is 5.32 Å². The summed E-state index contributed by atoms with van der Waals surface area (Å²) < 4.78 is 13.6. The highest BCUT2D eigenvalue weighted by Gasteiger charge is 2.50. The van der Waals surface area contributed by atoms with E-state index in [0.717, 1.165) is 32.1 Å². The zero-order valence-electron chi connectivity index (χ0n) is 31.5. The quantitative estimate of drug-likeness (QED) is 0.0570. The van der Waals surface area contributed by atoms with E-state index in [1.54, 1.807) is 0 Å². The van der Waals surface area contributed by atoms with Crippen LogP contribution in [0.25, 0.3) is 0 Å². The third-order valence-electron chi connectivity index (χ3n) is 10.8. The van der Waals surface area contributed by atoms with Crippen LogP contribution in [-0.4, -0.2) is 31.1 Å². The molecule has 1 N–H and O–H groups in total. The molecule has 0 spiro atoms. The second-order valence-electron chi connectivity index (χ2n) is 15.1. The van der Waals surface area contributed by atoms with Gasteiger partial charge in [0.15, 0.2) is 5.79 Å². The lowest BCUT2D eigenvalue weighted by Crippen LogP contribution is -2.34. The Morgan fingerprint density at radius 2 is 0.826 bits per heavy atom. The fourth-order valence-electron chi connectivity index (χ4n) is 7.71. The molecule has 1 aliphatic carbocycles. The smallest absolute Gasteiger partial charge is 0.169 e. The fraction of sp³-hybridized carbons (Fsp3) is 0.907. The first-order valence-corrected chi connectivity index (χ1v) is 21.1. The van der Waals surface area contributed by atoms with E-state index in [2.05, 4.69) is 50.5 Å². The summed E-state index contributed by atoms with van der Waals surface area (Å²) in [4.78, 5) is 0. The van der Waals surface area contributed by atoms with Crippen LogP contribution < -0.4 is 5.32 Å². The number of unbranched alkanes of at least 4 members (excludes halogenated alkanes) is 24. The first-order chi connectivity index (χ1) is 22.7. The first-order valence-electron chi connectivity index (χ1n) is 21.1. The molecular formula is C43H81NO2. The van der Waals surface area contributed by atoms with Crippen molar-refractivity contribution >= 4 is 0 Å². The van der Waals surface area contributed by atoms with Gasteiger partial charge in [-0.25, -0.2) is 0 Å². The van der Waals surface area contributed by atoms with Crippen molar-refractivity contribution in [1.29, 1.82) is 0 Å². The summed E-state index contributed by atoms with van der Waals surface area (Å²) in [6, 6.07) is 0.561. The molecule has 46 heavy (non-hydrogen) atoms. The van der Waals surface area contributed by atoms with Crippen molar-refractivity contribution in [2.75, 3.05) is 7.05 Å². The number of fused-ring (bicyclic) bond motifs is 1. The Bertz CT molecular complexity index is 704. The predicted octanol–water partition coefficient (Wildman–Crippen LogP) is 13.7. The Kier molecular flexibility index (Phi) is 26.4. The van der Waals surface area contributed by atoms with E-state index in [1.165, 1.54) is 173 Å². The molecule has 0 radical (unpaired) electrons. The molecular weight excluding hydrogens is 562 g/mol. The van der Waals surface area contributed by atoms with Crippen LogP contribution in [0.3, 0.4) is 0 Å². The van der Waals surface area contributed by atoms with Crippen LogP contribution in [0.4, 0.5) is 0 Å². The molecule has 1 saturated heterocycles. The van der Waals surface area contributed by atoms with Crippen molar-refractivity contribution in [3.8, 4) is 0 Å². The van der Waals surface area contributed by atoms with Gasteiger partial charge in [-0.1, -0.05) is 173 Å². The second-order valence-corrected chi connectivity index (χ2v) is 15.1. The van der Waals surface area contributed by atoms with Gasteiger partial charge in [0.2, 0.25) is 0 Å². The molecule has 1 heterocycles. The molecule has 0 aromatic heterocycles. The maximum atomic E-state index is 6.78. The van der Waals surface area contributed by atoms with E-state index >= 15 is 0 Å². The molecule has 270 valence electrons. The van der Waals surface area contributed by atoms with Gasteiger partial charge in [0, 0.05) is 18.9 Å². The number of ether oxygens (including phenoxy) is 2. The number of hydrogen-bond donors (Lipinski definition) is 1. The normalized spacial score (nSPS) is 23.0. The molecule has 2 fully saturated rings.